The Morgan fingerprint density at radius 1 is 1.29 bits per heavy atom. The fraction of sp³-hybridized carbons (Fsp3) is 0.0667. The molecule has 0 spiro atoms. The smallest absolute Gasteiger partial charge is 0.337 e. The van der Waals surface area contributed by atoms with Gasteiger partial charge in [-0.25, -0.2) is 4.79 Å². The monoisotopic (exact) mass is 397 g/mol. The summed E-state index contributed by atoms with van der Waals surface area (Å²) in [6.45, 7) is 1.81. The molecule has 0 atom stereocenters. The lowest BCUT2D eigenvalue weighted by atomic mass is 10.2. The molecule has 0 aliphatic rings. The molecule has 108 valence electrons. The van der Waals surface area contributed by atoms with Gasteiger partial charge in [-0.2, -0.15) is 0 Å². The van der Waals surface area contributed by atoms with Crippen LogP contribution in [0.15, 0.2) is 40.8 Å². The Kier molecular flexibility index (Phi) is 4.79. The van der Waals surface area contributed by atoms with Crippen LogP contribution in [0.2, 0.25) is 0 Å². The van der Waals surface area contributed by atoms with Gasteiger partial charge in [-0.1, -0.05) is 0 Å². The molecule has 0 saturated carbocycles. The van der Waals surface area contributed by atoms with E-state index in [-0.39, 0.29) is 11.3 Å². The minimum absolute atomic E-state index is 0.0532. The number of carbonyl (C=O) groups is 2. The number of aromatic carboxylic acids is 1. The van der Waals surface area contributed by atoms with Crippen LogP contribution in [0.1, 0.15) is 21.9 Å². The number of hydrogen-bond donors (Lipinski definition) is 2. The fourth-order valence-electron chi connectivity index (χ4n) is 1.68. The molecule has 2 aromatic rings. The van der Waals surface area contributed by atoms with E-state index in [1.807, 2.05) is 29.5 Å². The highest BCUT2D eigenvalue weighted by Gasteiger charge is 2.11. The summed E-state index contributed by atoms with van der Waals surface area (Å²) in [5, 5.41) is 11.7. The predicted octanol–water partition coefficient (Wildman–Crippen LogP) is 3.54. The van der Waals surface area contributed by atoms with E-state index in [0.29, 0.717) is 5.76 Å². The van der Waals surface area contributed by atoms with Crippen molar-refractivity contribution in [3.8, 4) is 0 Å². The third kappa shape index (κ3) is 4.19. The Hall–Kier alpha value is -2.09. The van der Waals surface area contributed by atoms with Gasteiger partial charge in [-0.05, 0) is 65.9 Å². The topological polar surface area (TPSA) is 79.5 Å². The SMILES string of the molecule is Cc1ccc(C=CC(=O)Nc2ccc(I)cc2C(=O)O)o1. The van der Waals surface area contributed by atoms with Gasteiger partial charge < -0.3 is 14.8 Å². The number of anilines is 1. The molecular weight excluding hydrogens is 385 g/mol. The van der Waals surface area contributed by atoms with Gasteiger partial charge >= 0.3 is 5.97 Å². The molecule has 0 aliphatic carbocycles. The molecule has 5 nitrogen and oxygen atoms in total. The predicted molar refractivity (Wildman–Crippen MR) is 87.2 cm³/mol. The first-order chi connectivity index (χ1) is 9.95. The normalized spacial score (nSPS) is 10.8. The molecule has 2 rings (SSSR count). The van der Waals surface area contributed by atoms with Gasteiger partial charge in [0.05, 0.1) is 11.3 Å². The van der Waals surface area contributed by atoms with Crippen LogP contribution in [-0.2, 0) is 4.79 Å². The highest BCUT2D eigenvalue weighted by atomic mass is 127. The Morgan fingerprint density at radius 2 is 2.05 bits per heavy atom. The van der Waals surface area contributed by atoms with Crippen molar-refractivity contribution in [2.75, 3.05) is 5.32 Å². The third-order valence-corrected chi connectivity index (χ3v) is 3.30. The Bertz CT molecular complexity index is 718. The molecule has 0 unspecified atom stereocenters. The molecule has 0 fully saturated rings. The second kappa shape index (κ2) is 6.57. The van der Waals surface area contributed by atoms with Crippen molar-refractivity contribution in [1.82, 2.24) is 0 Å². The zero-order chi connectivity index (χ0) is 15.4. The van der Waals surface area contributed by atoms with Crippen molar-refractivity contribution in [2.45, 2.75) is 6.92 Å². The van der Waals surface area contributed by atoms with E-state index in [0.717, 1.165) is 9.33 Å². The number of benzene rings is 1. The standard InChI is InChI=1S/C15H12INO4/c1-9-2-4-11(21-9)5-7-14(18)17-13-6-3-10(16)8-12(13)15(19)20/h2-8H,1H3,(H,17,18)(H,19,20). The van der Waals surface area contributed by atoms with E-state index < -0.39 is 11.9 Å². The van der Waals surface area contributed by atoms with Crippen molar-refractivity contribution >= 4 is 46.2 Å². The van der Waals surface area contributed by atoms with Gasteiger partial charge in [-0.3, -0.25) is 4.79 Å². The molecule has 6 heteroatoms. The van der Waals surface area contributed by atoms with E-state index in [2.05, 4.69) is 5.32 Å². The molecule has 2 N–H and O–H groups in total. The molecule has 1 aromatic heterocycles. The first kappa shape index (κ1) is 15.3. The van der Waals surface area contributed by atoms with Crippen LogP contribution < -0.4 is 5.32 Å². The number of nitrogens with one attached hydrogen (secondary N) is 1. The highest BCUT2D eigenvalue weighted by Crippen LogP contribution is 2.19. The van der Waals surface area contributed by atoms with Crippen molar-refractivity contribution < 1.29 is 19.1 Å². The average Bonchev–Trinajstić information content (AvgIpc) is 2.84. The highest BCUT2D eigenvalue weighted by molar-refractivity contribution is 14.1. The van der Waals surface area contributed by atoms with Gasteiger partial charge in [0.2, 0.25) is 5.91 Å². The van der Waals surface area contributed by atoms with E-state index in [9.17, 15) is 9.59 Å². The number of carboxylic acids is 1. The quantitative estimate of drug-likeness (QED) is 0.611. The van der Waals surface area contributed by atoms with Crippen LogP contribution in [0.3, 0.4) is 0 Å². The maximum absolute atomic E-state index is 11.8. The van der Waals surface area contributed by atoms with Crippen molar-refractivity contribution in [3.63, 3.8) is 0 Å². The lowest BCUT2D eigenvalue weighted by Gasteiger charge is -2.06. The summed E-state index contributed by atoms with van der Waals surface area (Å²) in [5.41, 5.74) is 0.311. The van der Waals surface area contributed by atoms with Crippen LogP contribution >= 0.6 is 22.6 Å². The number of carboxylic acid groups (broad SMARTS) is 1. The lowest BCUT2D eigenvalue weighted by molar-refractivity contribution is -0.111. The number of amides is 1. The van der Waals surface area contributed by atoms with Crippen molar-refractivity contribution in [2.24, 2.45) is 0 Å². The van der Waals surface area contributed by atoms with Gasteiger partial charge in [0.25, 0.3) is 0 Å². The summed E-state index contributed by atoms with van der Waals surface area (Å²) < 4.78 is 6.08. The molecule has 1 amide bonds. The molecule has 1 heterocycles. The first-order valence-corrected chi connectivity index (χ1v) is 7.12. The van der Waals surface area contributed by atoms with Gasteiger partial charge in [0.15, 0.2) is 0 Å². The van der Waals surface area contributed by atoms with E-state index in [4.69, 9.17) is 9.52 Å². The molecule has 0 bridgehead atoms. The van der Waals surface area contributed by atoms with Gasteiger partial charge in [-0.15, -0.1) is 0 Å². The maximum Gasteiger partial charge on any atom is 0.337 e. The molecule has 0 radical (unpaired) electrons. The summed E-state index contributed by atoms with van der Waals surface area (Å²) in [5.74, 6) is -0.202. The number of halogens is 1. The molecule has 0 aliphatic heterocycles. The summed E-state index contributed by atoms with van der Waals surface area (Å²) >= 11 is 2.01. The van der Waals surface area contributed by atoms with Gasteiger partial charge in [0, 0.05) is 9.65 Å². The number of aryl methyl sites for hydroxylation is 1. The second-order valence-electron chi connectivity index (χ2n) is 4.27. The number of hydrogen-bond acceptors (Lipinski definition) is 3. The van der Waals surface area contributed by atoms with Crippen molar-refractivity contribution in [3.05, 3.63) is 57.1 Å². The third-order valence-electron chi connectivity index (χ3n) is 2.63. The van der Waals surface area contributed by atoms with Crippen LogP contribution in [0, 0.1) is 10.5 Å². The number of furan rings is 1. The average molecular weight is 397 g/mol. The maximum atomic E-state index is 11.8. The minimum atomic E-state index is -1.09. The van der Waals surface area contributed by atoms with Crippen LogP contribution in [0.4, 0.5) is 5.69 Å². The van der Waals surface area contributed by atoms with E-state index in [1.165, 1.54) is 18.2 Å². The lowest BCUT2D eigenvalue weighted by Crippen LogP contribution is -2.12. The molecule has 1 aromatic carbocycles. The zero-order valence-electron chi connectivity index (χ0n) is 11.1. The Balaban J connectivity index is 2.13. The summed E-state index contributed by atoms with van der Waals surface area (Å²) in [4.78, 5) is 23.0. The fourth-order valence-corrected chi connectivity index (χ4v) is 2.17. The van der Waals surface area contributed by atoms with Crippen LogP contribution in [0.5, 0.6) is 0 Å². The Morgan fingerprint density at radius 3 is 2.67 bits per heavy atom. The van der Waals surface area contributed by atoms with Crippen LogP contribution in [-0.4, -0.2) is 17.0 Å². The summed E-state index contributed by atoms with van der Waals surface area (Å²) in [6, 6.07) is 8.32. The molecule has 21 heavy (non-hydrogen) atoms. The second-order valence-corrected chi connectivity index (χ2v) is 5.51. The minimum Gasteiger partial charge on any atom is -0.478 e. The number of rotatable bonds is 4. The molecular formula is C15H12INO4. The van der Waals surface area contributed by atoms with Gasteiger partial charge in [0.1, 0.15) is 11.5 Å². The Labute approximate surface area is 134 Å². The molecule has 0 saturated heterocycles. The number of carbonyl (C=O) groups excluding carboxylic acids is 1. The largest absolute Gasteiger partial charge is 0.478 e. The van der Waals surface area contributed by atoms with E-state index in [1.54, 1.807) is 24.3 Å². The van der Waals surface area contributed by atoms with Crippen LogP contribution in [0.25, 0.3) is 6.08 Å². The van der Waals surface area contributed by atoms with Crippen molar-refractivity contribution in [1.29, 1.82) is 0 Å². The first-order valence-electron chi connectivity index (χ1n) is 6.04. The summed E-state index contributed by atoms with van der Waals surface area (Å²) in [6.07, 6.45) is 2.82. The van der Waals surface area contributed by atoms with E-state index >= 15 is 0 Å². The summed E-state index contributed by atoms with van der Waals surface area (Å²) in [7, 11) is 0. The zero-order valence-corrected chi connectivity index (χ0v) is 13.2.